The van der Waals surface area contributed by atoms with Crippen LogP contribution in [0.5, 0.6) is 0 Å². The summed E-state index contributed by atoms with van der Waals surface area (Å²) in [6, 6.07) is 9.27. The fraction of sp³-hybridized carbons (Fsp3) is 0.667. The highest BCUT2D eigenvalue weighted by Crippen LogP contribution is 2.28. The second-order valence-corrected chi connectivity index (χ2v) is 6.61. The van der Waals surface area contributed by atoms with Crippen LogP contribution >= 0.6 is 0 Å². The van der Waals surface area contributed by atoms with Crippen LogP contribution in [0, 0.1) is 5.92 Å². The third kappa shape index (κ3) is 3.85. The number of hydrogen-bond donors (Lipinski definition) is 1. The van der Waals surface area contributed by atoms with Gasteiger partial charge in [-0.05, 0) is 35.9 Å². The molecular formula is C18H30N2O. The van der Waals surface area contributed by atoms with E-state index in [1.807, 2.05) is 7.11 Å². The van der Waals surface area contributed by atoms with Gasteiger partial charge in [-0.25, -0.2) is 0 Å². The fourth-order valence-corrected chi connectivity index (χ4v) is 3.25. The number of hydrogen-bond acceptors (Lipinski definition) is 3. The third-order valence-electron chi connectivity index (χ3n) is 4.88. The minimum absolute atomic E-state index is 0.302. The Balaban J connectivity index is 2.11. The van der Waals surface area contributed by atoms with Gasteiger partial charge in [0.2, 0.25) is 0 Å². The van der Waals surface area contributed by atoms with Crippen LogP contribution in [0.25, 0.3) is 0 Å². The molecule has 1 saturated heterocycles. The Labute approximate surface area is 129 Å². The first-order chi connectivity index (χ1) is 10.1. The number of nitrogens with two attached hydrogens (primary N) is 1. The Morgan fingerprint density at radius 1 is 1.24 bits per heavy atom. The SMILES string of the molecule is COC1CN(C(CN)c2ccc(C(C)C)cc2)CCC1C. The molecule has 0 spiro atoms. The second-order valence-electron chi connectivity index (χ2n) is 6.61. The Morgan fingerprint density at radius 3 is 2.38 bits per heavy atom. The summed E-state index contributed by atoms with van der Waals surface area (Å²) >= 11 is 0. The van der Waals surface area contributed by atoms with Gasteiger partial charge in [0.05, 0.1) is 6.10 Å². The molecule has 21 heavy (non-hydrogen) atoms. The number of nitrogens with zero attached hydrogens (tertiary/aromatic N) is 1. The van der Waals surface area contributed by atoms with Crippen molar-refractivity contribution in [1.82, 2.24) is 4.90 Å². The summed E-state index contributed by atoms with van der Waals surface area (Å²) in [7, 11) is 1.82. The number of methoxy groups -OCH3 is 1. The van der Waals surface area contributed by atoms with Crippen LogP contribution in [0.15, 0.2) is 24.3 Å². The summed E-state index contributed by atoms with van der Waals surface area (Å²) in [5, 5.41) is 0. The molecule has 1 aliphatic heterocycles. The summed E-state index contributed by atoms with van der Waals surface area (Å²) in [6.45, 7) is 9.47. The molecule has 2 rings (SSSR count). The highest BCUT2D eigenvalue weighted by atomic mass is 16.5. The molecule has 3 nitrogen and oxygen atoms in total. The van der Waals surface area contributed by atoms with Crippen molar-refractivity contribution in [1.29, 1.82) is 0 Å². The van der Waals surface area contributed by atoms with E-state index in [2.05, 4.69) is 49.9 Å². The molecular weight excluding hydrogens is 260 g/mol. The van der Waals surface area contributed by atoms with Crippen molar-refractivity contribution < 1.29 is 4.74 Å². The maximum atomic E-state index is 6.07. The van der Waals surface area contributed by atoms with Gasteiger partial charge >= 0.3 is 0 Å². The van der Waals surface area contributed by atoms with E-state index in [0.29, 0.717) is 30.5 Å². The summed E-state index contributed by atoms with van der Waals surface area (Å²) in [5.74, 6) is 1.21. The third-order valence-corrected chi connectivity index (χ3v) is 4.88. The highest BCUT2D eigenvalue weighted by Gasteiger charge is 2.30. The smallest absolute Gasteiger partial charge is 0.0724 e. The van der Waals surface area contributed by atoms with Gasteiger partial charge in [-0.15, -0.1) is 0 Å². The molecule has 3 atom stereocenters. The molecule has 0 radical (unpaired) electrons. The van der Waals surface area contributed by atoms with E-state index >= 15 is 0 Å². The van der Waals surface area contributed by atoms with E-state index in [4.69, 9.17) is 10.5 Å². The van der Waals surface area contributed by atoms with Crippen molar-refractivity contribution >= 4 is 0 Å². The predicted molar refractivity (Wildman–Crippen MR) is 88.5 cm³/mol. The normalized spacial score (nSPS) is 25.2. The first-order valence-electron chi connectivity index (χ1n) is 8.13. The van der Waals surface area contributed by atoms with Crippen LogP contribution in [-0.2, 0) is 4.74 Å². The fourth-order valence-electron chi connectivity index (χ4n) is 3.25. The van der Waals surface area contributed by atoms with E-state index < -0.39 is 0 Å². The zero-order valence-electron chi connectivity index (χ0n) is 13.9. The van der Waals surface area contributed by atoms with Crippen molar-refractivity contribution in [3.05, 3.63) is 35.4 Å². The van der Waals surface area contributed by atoms with Gasteiger partial charge in [0.15, 0.2) is 0 Å². The molecule has 1 heterocycles. The first-order valence-corrected chi connectivity index (χ1v) is 8.13. The molecule has 2 N–H and O–H groups in total. The van der Waals surface area contributed by atoms with E-state index in [-0.39, 0.29) is 0 Å². The number of piperidine rings is 1. The minimum atomic E-state index is 0.302. The van der Waals surface area contributed by atoms with Crippen LogP contribution in [0.4, 0.5) is 0 Å². The maximum Gasteiger partial charge on any atom is 0.0724 e. The lowest BCUT2D eigenvalue weighted by molar-refractivity contribution is -0.0183. The molecule has 0 bridgehead atoms. The first kappa shape index (κ1) is 16.5. The van der Waals surface area contributed by atoms with Crippen molar-refractivity contribution in [3.8, 4) is 0 Å². The maximum absolute atomic E-state index is 6.07. The largest absolute Gasteiger partial charge is 0.380 e. The Hall–Kier alpha value is -0.900. The molecule has 0 aliphatic carbocycles. The minimum Gasteiger partial charge on any atom is -0.380 e. The van der Waals surface area contributed by atoms with E-state index in [9.17, 15) is 0 Å². The Bertz CT molecular complexity index is 429. The molecule has 0 aromatic heterocycles. The van der Waals surface area contributed by atoms with Crippen LogP contribution in [0.1, 0.15) is 50.3 Å². The zero-order chi connectivity index (χ0) is 15.4. The standard InChI is InChI=1S/C18H30N2O/c1-13(2)15-5-7-16(8-6-15)17(11-19)20-10-9-14(3)18(12-20)21-4/h5-8,13-14,17-18H,9-12,19H2,1-4H3. The lowest BCUT2D eigenvalue weighted by atomic mass is 9.92. The van der Waals surface area contributed by atoms with Crippen LogP contribution < -0.4 is 5.73 Å². The highest BCUT2D eigenvalue weighted by molar-refractivity contribution is 5.27. The number of ether oxygens (including phenoxy) is 1. The number of benzene rings is 1. The number of rotatable bonds is 5. The van der Waals surface area contributed by atoms with Crippen molar-refractivity contribution in [2.24, 2.45) is 11.7 Å². The van der Waals surface area contributed by atoms with Crippen molar-refractivity contribution in [3.63, 3.8) is 0 Å². The van der Waals surface area contributed by atoms with Crippen molar-refractivity contribution in [2.45, 2.75) is 45.3 Å². The molecule has 1 aliphatic rings. The van der Waals surface area contributed by atoms with E-state index in [0.717, 1.165) is 13.1 Å². The molecule has 1 aromatic rings. The van der Waals surface area contributed by atoms with Gasteiger partial charge in [0.1, 0.15) is 0 Å². The van der Waals surface area contributed by atoms with Crippen LogP contribution in [-0.4, -0.2) is 37.7 Å². The lowest BCUT2D eigenvalue weighted by Crippen LogP contribution is -2.47. The average molecular weight is 290 g/mol. The summed E-state index contributed by atoms with van der Waals surface area (Å²) in [6.07, 6.45) is 1.50. The summed E-state index contributed by atoms with van der Waals surface area (Å²) in [5.41, 5.74) is 8.78. The Kier molecular flexibility index (Phi) is 5.80. The lowest BCUT2D eigenvalue weighted by Gasteiger charge is -2.40. The molecule has 1 aromatic carbocycles. The zero-order valence-corrected chi connectivity index (χ0v) is 13.9. The van der Waals surface area contributed by atoms with Crippen LogP contribution in [0.3, 0.4) is 0 Å². The van der Waals surface area contributed by atoms with Gasteiger partial charge < -0.3 is 10.5 Å². The summed E-state index contributed by atoms with van der Waals surface area (Å²) in [4.78, 5) is 2.48. The molecule has 3 unspecified atom stereocenters. The van der Waals surface area contributed by atoms with Gasteiger partial charge in [-0.3, -0.25) is 4.90 Å². The van der Waals surface area contributed by atoms with E-state index in [1.165, 1.54) is 17.5 Å². The quantitative estimate of drug-likeness (QED) is 0.905. The molecule has 118 valence electrons. The van der Waals surface area contributed by atoms with Gasteiger partial charge in [0.25, 0.3) is 0 Å². The topological polar surface area (TPSA) is 38.5 Å². The Morgan fingerprint density at radius 2 is 1.86 bits per heavy atom. The van der Waals surface area contributed by atoms with Gasteiger partial charge in [0, 0.05) is 26.2 Å². The number of likely N-dealkylation sites (tertiary alicyclic amines) is 1. The molecule has 1 fully saturated rings. The van der Waals surface area contributed by atoms with Crippen molar-refractivity contribution in [2.75, 3.05) is 26.7 Å². The molecule has 3 heteroatoms. The van der Waals surface area contributed by atoms with Crippen LogP contribution in [0.2, 0.25) is 0 Å². The second kappa shape index (κ2) is 7.39. The predicted octanol–water partition coefficient (Wildman–Crippen LogP) is 3.17. The summed E-state index contributed by atoms with van der Waals surface area (Å²) < 4.78 is 5.63. The monoisotopic (exact) mass is 290 g/mol. The van der Waals surface area contributed by atoms with Gasteiger partial charge in [-0.2, -0.15) is 0 Å². The van der Waals surface area contributed by atoms with E-state index in [1.54, 1.807) is 0 Å². The molecule has 0 amide bonds. The molecule has 0 saturated carbocycles. The average Bonchev–Trinajstić information content (AvgIpc) is 2.50. The van der Waals surface area contributed by atoms with Gasteiger partial charge in [-0.1, -0.05) is 45.0 Å².